The van der Waals surface area contributed by atoms with Gasteiger partial charge in [0.1, 0.15) is 11.5 Å². The second kappa shape index (κ2) is 9.75. The van der Waals surface area contributed by atoms with E-state index in [9.17, 15) is 4.79 Å². The number of rotatable bonds is 7. The molecule has 0 spiro atoms. The molecule has 0 aliphatic carbocycles. The van der Waals surface area contributed by atoms with Crippen molar-refractivity contribution in [3.8, 4) is 11.5 Å². The van der Waals surface area contributed by atoms with Gasteiger partial charge in [-0.15, -0.1) is 0 Å². The number of hydrogen-bond acceptors (Lipinski definition) is 5. The molecule has 1 atom stereocenters. The first kappa shape index (κ1) is 21.7. The van der Waals surface area contributed by atoms with Crippen molar-refractivity contribution in [3.63, 3.8) is 0 Å². The Morgan fingerprint density at radius 3 is 2.34 bits per heavy atom. The van der Waals surface area contributed by atoms with E-state index in [0.717, 1.165) is 11.3 Å². The predicted octanol–water partition coefficient (Wildman–Crippen LogP) is 5.08. The van der Waals surface area contributed by atoms with E-state index in [2.05, 4.69) is 5.16 Å². The summed E-state index contributed by atoms with van der Waals surface area (Å²) in [6.07, 6.45) is -0.449. The van der Waals surface area contributed by atoms with Gasteiger partial charge in [0.2, 0.25) is 6.10 Å². The summed E-state index contributed by atoms with van der Waals surface area (Å²) in [5.41, 5.74) is 3.08. The number of benzene rings is 3. The van der Waals surface area contributed by atoms with E-state index in [0.29, 0.717) is 40.8 Å². The van der Waals surface area contributed by atoms with Gasteiger partial charge in [0.25, 0.3) is 5.91 Å². The molecule has 1 amide bonds. The van der Waals surface area contributed by atoms with Gasteiger partial charge in [0, 0.05) is 23.7 Å². The molecule has 32 heavy (non-hydrogen) atoms. The van der Waals surface area contributed by atoms with Gasteiger partial charge in [-0.3, -0.25) is 4.79 Å². The van der Waals surface area contributed by atoms with E-state index in [-0.39, 0.29) is 5.91 Å². The fourth-order valence-corrected chi connectivity index (χ4v) is 3.84. The SMILES string of the molecule is COc1cc(OC)c(C2=NO[C@H](C(=O)N(Cc3ccccc3)c3ccccc3)C2)cc1Cl. The van der Waals surface area contributed by atoms with Crippen LogP contribution in [0.25, 0.3) is 0 Å². The highest BCUT2D eigenvalue weighted by atomic mass is 35.5. The van der Waals surface area contributed by atoms with Crippen LogP contribution < -0.4 is 14.4 Å². The molecule has 0 saturated heterocycles. The average Bonchev–Trinajstić information content (AvgIpc) is 3.33. The summed E-state index contributed by atoms with van der Waals surface area (Å²) in [6, 6.07) is 22.8. The highest BCUT2D eigenvalue weighted by Crippen LogP contribution is 2.35. The van der Waals surface area contributed by atoms with E-state index < -0.39 is 6.10 Å². The van der Waals surface area contributed by atoms with Crippen molar-refractivity contribution in [1.29, 1.82) is 0 Å². The summed E-state index contributed by atoms with van der Waals surface area (Å²) in [4.78, 5) is 20.8. The quantitative estimate of drug-likeness (QED) is 0.503. The largest absolute Gasteiger partial charge is 0.496 e. The number of hydrogen-bond donors (Lipinski definition) is 0. The minimum absolute atomic E-state index is 0.169. The van der Waals surface area contributed by atoms with Crippen LogP contribution in [0.2, 0.25) is 5.02 Å². The third kappa shape index (κ3) is 4.55. The number of oxime groups is 1. The first-order valence-electron chi connectivity index (χ1n) is 10.2. The number of anilines is 1. The van der Waals surface area contributed by atoms with Gasteiger partial charge in [0.15, 0.2) is 0 Å². The van der Waals surface area contributed by atoms with Crippen LogP contribution in [0.5, 0.6) is 11.5 Å². The normalized spacial score (nSPS) is 15.0. The smallest absolute Gasteiger partial charge is 0.271 e. The monoisotopic (exact) mass is 450 g/mol. The highest BCUT2D eigenvalue weighted by molar-refractivity contribution is 6.32. The third-order valence-corrected chi connectivity index (χ3v) is 5.54. The molecule has 1 heterocycles. The van der Waals surface area contributed by atoms with Crippen LogP contribution in [-0.2, 0) is 16.2 Å². The number of carbonyl (C=O) groups excluding carboxylic acids is 1. The summed E-state index contributed by atoms with van der Waals surface area (Å²) in [6.45, 7) is 0.427. The Morgan fingerprint density at radius 1 is 1.03 bits per heavy atom. The van der Waals surface area contributed by atoms with Crippen molar-refractivity contribution >= 4 is 28.9 Å². The molecule has 3 aromatic carbocycles. The van der Waals surface area contributed by atoms with Gasteiger partial charge in [-0.1, -0.05) is 65.3 Å². The van der Waals surface area contributed by atoms with Crippen LogP contribution in [0.1, 0.15) is 17.5 Å². The zero-order chi connectivity index (χ0) is 22.5. The minimum atomic E-state index is -0.750. The summed E-state index contributed by atoms with van der Waals surface area (Å²) in [5.74, 6) is 0.876. The van der Waals surface area contributed by atoms with Crippen LogP contribution >= 0.6 is 11.6 Å². The summed E-state index contributed by atoms with van der Waals surface area (Å²) >= 11 is 6.31. The molecular weight excluding hydrogens is 428 g/mol. The lowest BCUT2D eigenvalue weighted by Crippen LogP contribution is -2.39. The number of carbonyl (C=O) groups is 1. The lowest BCUT2D eigenvalue weighted by molar-refractivity contribution is -0.128. The van der Waals surface area contributed by atoms with Crippen molar-refractivity contribution in [2.45, 2.75) is 19.1 Å². The Bertz CT molecular complexity index is 1120. The molecule has 0 unspecified atom stereocenters. The fraction of sp³-hybridized carbons (Fsp3) is 0.200. The molecule has 0 bridgehead atoms. The average molecular weight is 451 g/mol. The molecule has 4 rings (SSSR count). The van der Waals surface area contributed by atoms with Crippen LogP contribution in [0, 0.1) is 0 Å². The predicted molar refractivity (Wildman–Crippen MR) is 125 cm³/mol. The first-order chi connectivity index (χ1) is 15.6. The first-order valence-corrected chi connectivity index (χ1v) is 10.5. The van der Waals surface area contributed by atoms with Gasteiger partial charge in [0.05, 0.1) is 31.5 Å². The second-order valence-corrected chi connectivity index (χ2v) is 7.68. The maximum Gasteiger partial charge on any atom is 0.271 e. The standard InChI is InChI=1S/C25H23ClN2O4/c1-30-22-15-23(31-2)20(26)13-19(22)21-14-24(32-27-21)25(29)28(18-11-7-4-8-12-18)16-17-9-5-3-6-10-17/h3-13,15,24H,14,16H2,1-2H3/t24-/m0/s1. The molecule has 0 aromatic heterocycles. The van der Waals surface area contributed by atoms with Crippen molar-refractivity contribution in [2.24, 2.45) is 5.16 Å². The molecule has 7 heteroatoms. The molecule has 1 aliphatic heterocycles. The van der Waals surface area contributed by atoms with Gasteiger partial charge in [-0.05, 0) is 23.8 Å². The maximum absolute atomic E-state index is 13.5. The van der Waals surface area contributed by atoms with E-state index >= 15 is 0 Å². The molecular formula is C25H23ClN2O4. The fourth-order valence-electron chi connectivity index (χ4n) is 3.60. The molecule has 0 saturated carbocycles. The summed E-state index contributed by atoms with van der Waals surface area (Å²) in [5, 5.41) is 4.61. The minimum Gasteiger partial charge on any atom is -0.496 e. The Kier molecular flexibility index (Phi) is 6.61. The van der Waals surface area contributed by atoms with Gasteiger partial charge >= 0.3 is 0 Å². The van der Waals surface area contributed by atoms with Crippen LogP contribution in [-0.4, -0.2) is 31.9 Å². The number of methoxy groups -OCH3 is 2. The highest BCUT2D eigenvalue weighted by Gasteiger charge is 2.34. The van der Waals surface area contributed by atoms with Crippen LogP contribution in [0.15, 0.2) is 78.0 Å². The Labute approximate surface area is 192 Å². The topological polar surface area (TPSA) is 60.4 Å². The summed E-state index contributed by atoms with van der Waals surface area (Å²) < 4.78 is 10.7. The number of nitrogens with zero attached hydrogens (tertiary/aromatic N) is 2. The van der Waals surface area contributed by atoms with Crippen LogP contribution in [0.3, 0.4) is 0 Å². The lowest BCUT2D eigenvalue weighted by atomic mass is 10.0. The van der Waals surface area contributed by atoms with Crippen LogP contribution in [0.4, 0.5) is 5.69 Å². The number of ether oxygens (including phenoxy) is 2. The number of para-hydroxylation sites is 1. The summed E-state index contributed by atoms with van der Waals surface area (Å²) in [7, 11) is 3.10. The van der Waals surface area contributed by atoms with Crippen molar-refractivity contribution in [2.75, 3.05) is 19.1 Å². The molecule has 0 N–H and O–H groups in total. The van der Waals surface area contributed by atoms with E-state index in [1.165, 1.54) is 7.11 Å². The Hall–Kier alpha value is -3.51. The molecule has 6 nitrogen and oxygen atoms in total. The second-order valence-electron chi connectivity index (χ2n) is 7.27. The molecule has 1 aliphatic rings. The third-order valence-electron chi connectivity index (χ3n) is 5.25. The molecule has 164 valence electrons. The van der Waals surface area contributed by atoms with Crippen molar-refractivity contribution in [3.05, 3.63) is 88.9 Å². The van der Waals surface area contributed by atoms with Gasteiger partial charge in [-0.25, -0.2) is 0 Å². The van der Waals surface area contributed by atoms with Gasteiger partial charge < -0.3 is 19.2 Å². The number of halogens is 1. The molecule has 0 radical (unpaired) electrons. The Morgan fingerprint density at radius 2 is 1.69 bits per heavy atom. The van der Waals surface area contributed by atoms with E-state index in [1.807, 2.05) is 60.7 Å². The molecule has 3 aromatic rings. The van der Waals surface area contributed by atoms with Crippen molar-refractivity contribution < 1.29 is 19.1 Å². The zero-order valence-electron chi connectivity index (χ0n) is 17.8. The number of amides is 1. The van der Waals surface area contributed by atoms with Crippen molar-refractivity contribution in [1.82, 2.24) is 0 Å². The zero-order valence-corrected chi connectivity index (χ0v) is 18.6. The molecule has 0 fully saturated rings. The van der Waals surface area contributed by atoms with E-state index in [4.69, 9.17) is 25.9 Å². The maximum atomic E-state index is 13.5. The van der Waals surface area contributed by atoms with Gasteiger partial charge in [-0.2, -0.15) is 0 Å². The van der Waals surface area contributed by atoms with E-state index in [1.54, 1.807) is 24.1 Å². The lowest BCUT2D eigenvalue weighted by Gasteiger charge is -2.25. The Balaban J connectivity index is 1.57.